The molecule has 0 saturated heterocycles. The van der Waals surface area contributed by atoms with Crippen LogP contribution in [0, 0.1) is 22.8 Å². The summed E-state index contributed by atoms with van der Waals surface area (Å²) >= 11 is 0. The molecule has 3 nitrogen and oxygen atoms in total. The Labute approximate surface area is 82.9 Å². The molecule has 0 aliphatic carbocycles. The van der Waals surface area contributed by atoms with Gasteiger partial charge in [0.2, 0.25) is 0 Å². The molecule has 0 amide bonds. The second-order valence-corrected chi connectivity index (χ2v) is 2.51. The maximum absolute atomic E-state index is 12.4. The molecule has 0 aromatic heterocycles. The average Bonchev–Trinajstić information content (AvgIpc) is 2.17. The van der Waals surface area contributed by atoms with Gasteiger partial charge in [-0.2, -0.15) is 18.4 Å². The Kier molecular flexibility index (Phi) is 2.82. The molecule has 0 N–H and O–H groups in total. The van der Waals surface area contributed by atoms with Crippen molar-refractivity contribution in [1.29, 1.82) is 10.5 Å². The van der Waals surface area contributed by atoms with Gasteiger partial charge < -0.3 is 4.74 Å². The number of hydrogen-bond donors (Lipinski definition) is 0. The maximum Gasteiger partial charge on any atom is 0.417 e. The Morgan fingerprint density at radius 1 is 1.20 bits per heavy atom. The second-order valence-electron chi connectivity index (χ2n) is 2.51. The Balaban J connectivity index is 3.29. The predicted molar refractivity (Wildman–Crippen MR) is 42.4 cm³/mol. The lowest BCUT2D eigenvalue weighted by atomic mass is 10.1. The van der Waals surface area contributed by atoms with Crippen LogP contribution in [0.1, 0.15) is 11.1 Å². The van der Waals surface area contributed by atoms with Gasteiger partial charge >= 0.3 is 6.18 Å². The molecule has 0 spiro atoms. The fourth-order valence-corrected chi connectivity index (χ4v) is 0.972. The summed E-state index contributed by atoms with van der Waals surface area (Å²) in [6, 6.07) is 4.10. The first-order valence-corrected chi connectivity index (χ1v) is 3.66. The summed E-state index contributed by atoms with van der Waals surface area (Å²) in [5.41, 5.74) is -1.62. The first kappa shape index (κ1) is 10.9. The summed E-state index contributed by atoms with van der Waals surface area (Å²) in [6.07, 6.45) is -3.39. The normalized spacial score (nSPS) is 10.2. The summed E-state index contributed by atoms with van der Waals surface area (Å²) < 4.78 is 41.3. The van der Waals surface area contributed by atoms with Crippen molar-refractivity contribution >= 4 is 0 Å². The van der Waals surface area contributed by atoms with Crippen LogP contribution in [0.15, 0.2) is 18.2 Å². The van der Waals surface area contributed by atoms with Crippen LogP contribution in [0.4, 0.5) is 13.2 Å². The Hall–Kier alpha value is -2.21. The predicted octanol–water partition coefficient (Wildman–Crippen LogP) is 2.44. The van der Waals surface area contributed by atoms with E-state index in [1.165, 1.54) is 12.3 Å². The molecular weight excluding hydrogens is 209 g/mol. The molecule has 0 bridgehead atoms. The van der Waals surface area contributed by atoms with Gasteiger partial charge in [-0.3, -0.25) is 0 Å². The van der Waals surface area contributed by atoms with E-state index in [9.17, 15) is 13.2 Å². The van der Waals surface area contributed by atoms with Crippen molar-refractivity contribution in [2.75, 3.05) is 0 Å². The summed E-state index contributed by atoms with van der Waals surface area (Å²) in [5.74, 6) is -0.246. The Bertz CT molecular complexity index is 454. The summed E-state index contributed by atoms with van der Waals surface area (Å²) in [6.45, 7) is 0. The molecule has 76 valence electrons. The number of benzene rings is 1. The van der Waals surface area contributed by atoms with Gasteiger partial charge in [0.25, 0.3) is 6.26 Å². The fraction of sp³-hybridized carbons (Fsp3) is 0.111. The fourth-order valence-electron chi connectivity index (χ4n) is 0.972. The number of ether oxygens (including phenoxy) is 1. The third kappa shape index (κ3) is 2.38. The lowest BCUT2D eigenvalue weighted by Crippen LogP contribution is -2.07. The largest absolute Gasteiger partial charge is 0.417 e. The van der Waals surface area contributed by atoms with Gasteiger partial charge in [-0.05, 0) is 18.2 Å². The molecule has 0 fully saturated rings. The minimum atomic E-state index is -4.64. The minimum absolute atomic E-state index is 0.246. The van der Waals surface area contributed by atoms with Crippen molar-refractivity contribution in [2.24, 2.45) is 0 Å². The van der Waals surface area contributed by atoms with Crippen molar-refractivity contribution in [3.8, 4) is 18.1 Å². The van der Waals surface area contributed by atoms with E-state index in [0.29, 0.717) is 6.07 Å². The van der Waals surface area contributed by atoms with Gasteiger partial charge in [0.15, 0.2) is 0 Å². The van der Waals surface area contributed by atoms with E-state index in [2.05, 4.69) is 4.74 Å². The highest BCUT2D eigenvalue weighted by molar-refractivity contribution is 5.44. The van der Waals surface area contributed by atoms with Gasteiger partial charge in [0.1, 0.15) is 5.75 Å². The van der Waals surface area contributed by atoms with E-state index < -0.39 is 17.3 Å². The van der Waals surface area contributed by atoms with Crippen LogP contribution < -0.4 is 4.74 Å². The molecule has 0 aliphatic rings. The molecule has 1 rings (SSSR count). The first-order chi connectivity index (χ1) is 6.99. The van der Waals surface area contributed by atoms with Gasteiger partial charge in [-0.15, -0.1) is 5.26 Å². The number of halogens is 3. The third-order valence-electron chi connectivity index (χ3n) is 1.58. The molecule has 0 radical (unpaired) electrons. The molecule has 6 heteroatoms. The lowest BCUT2D eigenvalue weighted by molar-refractivity contribution is -0.137. The van der Waals surface area contributed by atoms with E-state index >= 15 is 0 Å². The summed E-state index contributed by atoms with van der Waals surface area (Å²) in [4.78, 5) is 0. The first-order valence-electron chi connectivity index (χ1n) is 3.66. The van der Waals surface area contributed by atoms with Crippen LogP contribution in [-0.2, 0) is 6.18 Å². The molecule has 15 heavy (non-hydrogen) atoms. The van der Waals surface area contributed by atoms with E-state index in [1.807, 2.05) is 0 Å². The van der Waals surface area contributed by atoms with Crippen LogP contribution >= 0.6 is 0 Å². The van der Waals surface area contributed by atoms with Crippen LogP contribution in [0.2, 0.25) is 0 Å². The molecule has 0 heterocycles. The molecule has 0 unspecified atom stereocenters. The van der Waals surface area contributed by atoms with Crippen molar-refractivity contribution in [1.82, 2.24) is 0 Å². The lowest BCUT2D eigenvalue weighted by Gasteiger charge is -2.08. The maximum atomic E-state index is 12.4. The average molecular weight is 212 g/mol. The standard InChI is InChI=1S/C9H3F3N2O/c10-9(11,12)8-3-7(15-5-14)2-1-6(8)4-13/h1-3H. The van der Waals surface area contributed by atoms with Crippen molar-refractivity contribution < 1.29 is 17.9 Å². The zero-order valence-electron chi connectivity index (χ0n) is 7.17. The molecule has 1 aromatic carbocycles. The van der Waals surface area contributed by atoms with Crippen LogP contribution in [0.5, 0.6) is 5.75 Å². The van der Waals surface area contributed by atoms with Crippen LogP contribution in [0.3, 0.4) is 0 Å². The Morgan fingerprint density at radius 2 is 1.87 bits per heavy atom. The van der Waals surface area contributed by atoms with E-state index in [1.54, 1.807) is 0 Å². The van der Waals surface area contributed by atoms with Crippen molar-refractivity contribution in [3.05, 3.63) is 29.3 Å². The summed E-state index contributed by atoms with van der Waals surface area (Å²) in [5, 5.41) is 16.6. The number of alkyl halides is 3. The highest BCUT2D eigenvalue weighted by Gasteiger charge is 2.34. The quantitative estimate of drug-likeness (QED) is 0.671. The van der Waals surface area contributed by atoms with Crippen molar-refractivity contribution in [3.63, 3.8) is 0 Å². The highest BCUT2D eigenvalue weighted by Crippen LogP contribution is 2.33. The number of hydrogen-bond acceptors (Lipinski definition) is 3. The van der Waals surface area contributed by atoms with Gasteiger partial charge in [0.05, 0.1) is 17.2 Å². The zero-order valence-corrected chi connectivity index (χ0v) is 7.17. The molecular formula is C9H3F3N2O. The number of nitrogens with zero attached hydrogens (tertiary/aromatic N) is 2. The number of nitriles is 2. The minimum Gasteiger partial charge on any atom is -0.388 e. The van der Waals surface area contributed by atoms with E-state index in [0.717, 1.165) is 12.1 Å². The third-order valence-corrected chi connectivity index (χ3v) is 1.58. The van der Waals surface area contributed by atoms with Gasteiger partial charge in [0, 0.05) is 0 Å². The molecule has 0 atom stereocenters. The second kappa shape index (κ2) is 3.89. The smallest absolute Gasteiger partial charge is 0.388 e. The highest BCUT2D eigenvalue weighted by atomic mass is 19.4. The van der Waals surface area contributed by atoms with E-state index in [4.69, 9.17) is 10.5 Å². The summed E-state index contributed by atoms with van der Waals surface area (Å²) in [7, 11) is 0. The Morgan fingerprint density at radius 3 is 2.33 bits per heavy atom. The van der Waals surface area contributed by atoms with Gasteiger partial charge in [-0.25, -0.2) is 0 Å². The van der Waals surface area contributed by atoms with Gasteiger partial charge in [-0.1, -0.05) is 0 Å². The monoisotopic (exact) mass is 212 g/mol. The molecule has 0 aliphatic heterocycles. The van der Waals surface area contributed by atoms with Crippen LogP contribution in [-0.4, -0.2) is 0 Å². The number of rotatable bonds is 1. The zero-order chi connectivity index (χ0) is 11.5. The van der Waals surface area contributed by atoms with E-state index in [-0.39, 0.29) is 5.75 Å². The molecule has 1 aromatic rings. The van der Waals surface area contributed by atoms with Crippen LogP contribution in [0.25, 0.3) is 0 Å². The van der Waals surface area contributed by atoms with Crippen molar-refractivity contribution in [2.45, 2.75) is 6.18 Å². The topological polar surface area (TPSA) is 56.8 Å². The molecule has 0 saturated carbocycles. The SMILES string of the molecule is N#COc1ccc(C#N)c(C(F)(F)F)c1.